The number of rotatable bonds is 6. The van der Waals surface area contributed by atoms with E-state index in [9.17, 15) is 4.79 Å². The molecule has 25 heavy (non-hydrogen) atoms. The second-order valence-corrected chi connectivity index (χ2v) is 6.50. The highest BCUT2D eigenvalue weighted by Gasteiger charge is 2.23. The van der Waals surface area contributed by atoms with E-state index in [4.69, 9.17) is 9.39 Å². The smallest absolute Gasteiger partial charge is 0.324 e. The summed E-state index contributed by atoms with van der Waals surface area (Å²) < 4.78 is 11.5. The SMILES string of the molecule is CB1OCc2cc(Oc3ccc(C(=O)NCCN(C)C)cc3)ccc21. The fraction of sp³-hybridized carbons (Fsp3) is 0.316. The van der Waals surface area contributed by atoms with Gasteiger partial charge in [0, 0.05) is 18.7 Å². The first-order valence-electron chi connectivity index (χ1n) is 8.48. The molecule has 0 saturated carbocycles. The average Bonchev–Trinajstić information content (AvgIpc) is 2.96. The first kappa shape index (κ1) is 17.5. The van der Waals surface area contributed by atoms with Gasteiger partial charge in [0.15, 0.2) is 0 Å². The Hall–Kier alpha value is -2.31. The number of benzene rings is 2. The Bertz CT molecular complexity index is 747. The fourth-order valence-corrected chi connectivity index (χ4v) is 2.78. The number of fused-ring (bicyclic) bond motifs is 1. The van der Waals surface area contributed by atoms with E-state index in [1.807, 2.05) is 43.3 Å². The topological polar surface area (TPSA) is 50.8 Å². The van der Waals surface area contributed by atoms with Gasteiger partial charge in [-0.05, 0) is 61.5 Å². The molecular formula is C19H23BN2O3. The zero-order chi connectivity index (χ0) is 17.8. The van der Waals surface area contributed by atoms with E-state index in [0.29, 0.717) is 24.5 Å². The van der Waals surface area contributed by atoms with Crippen molar-refractivity contribution in [3.05, 3.63) is 53.6 Å². The number of likely N-dealkylation sites (N-methyl/N-ethyl adjacent to an activating group) is 1. The second-order valence-electron chi connectivity index (χ2n) is 6.50. The third kappa shape index (κ3) is 4.41. The van der Waals surface area contributed by atoms with Crippen molar-refractivity contribution in [3.63, 3.8) is 0 Å². The summed E-state index contributed by atoms with van der Waals surface area (Å²) in [5.41, 5.74) is 3.02. The van der Waals surface area contributed by atoms with Crippen LogP contribution >= 0.6 is 0 Å². The predicted octanol–water partition coefficient (Wildman–Crippen LogP) is 2.13. The molecule has 2 aromatic carbocycles. The Morgan fingerprint density at radius 1 is 1.20 bits per heavy atom. The van der Waals surface area contributed by atoms with E-state index in [-0.39, 0.29) is 12.8 Å². The quantitative estimate of drug-likeness (QED) is 0.820. The summed E-state index contributed by atoms with van der Waals surface area (Å²) in [6, 6.07) is 13.2. The molecule has 0 atom stereocenters. The molecule has 0 radical (unpaired) electrons. The van der Waals surface area contributed by atoms with Crippen molar-refractivity contribution >= 4 is 18.3 Å². The summed E-state index contributed by atoms with van der Waals surface area (Å²) in [6.07, 6.45) is 0. The number of carbonyl (C=O) groups excluding carboxylic acids is 1. The molecule has 1 aliphatic heterocycles. The van der Waals surface area contributed by atoms with Crippen LogP contribution in [-0.4, -0.2) is 44.9 Å². The maximum atomic E-state index is 12.1. The second kappa shape index (κ2) is 7.72. The molecule has 1 N–H and O–H groups in total. The molecule has 0 fully saturated rings. The average molecular weight is 338 g/mol. The summed E-state index contributed by atoms with van der Waals surface area (Å²) >= 11 is 0. The van der Waals surface area contributed by atoms with E-state index >= 15 is 0 Å². The van der Waals surface area contributed by atoms with E-state index in [2.05, 4.69) is 18.2 Å². The molecule has 1 heterocycles. The number of nitrogens with zero attached hydrogens (tertiary/aromatic N) is 1. The molecular weight excluding hydrogens is 315 g/mol. The van der Waals surface area contributed by atoms with Gasteiger partial charge in [-0.2, -0.15) is 0 Å². The molecule has 0 saturated heterocycles. The van der Waals surface area contributed by atoms with E-state index in [0.717, 1.165) is 12.3 Å². The van der Waals surface area contributed by atoms with Crippen LogP contribution in [0.15, 0.2) is 42.5 Å². The van der Waals surface area contributed by atoms with Gasteiger partial charge in [0.05, 0.1) is 6.61 Å². The minimum absolute atomic E-state index is 0.0722. The molecule has 0 bridgehead atoms. The van der Waals surface area contributed by atoms with Crippen molar-refractivity contribution in [1.82, 2.24) is 10.2 Å². The molecule has 1 aliphatic rings. The van der Waals surface area contributed by atoms with Crippen LogP contribution in [0.5, 0.6) is 11.5 Å². The van der Waals surface area contributed by atoms with Crippen molar-refractivity contribution in [1.29, 1.82) is 0 Å². The lowest BCUT2D eigenvalue weighted by Gasteiger charge is -2.11. The Morgan fingerprint density at radius 3 is 2.64 bits per heavy atom. The van der Waals surface area contributed by atoms with Gasteiger partial charge in [0.2, 0.25) is 0 Å². The number of ether oxygens (including phenoxy) is 1. The molecule has 3 rings (SSSR count). The van der Waals surface area contributed by atoms with Gasteiger partial charge in [-0.1, -0.05) is 12.9 Å². The van der Waals surface area contributed by atoms with Crippen LogP contribution in [0.4, 0.5) is 0 Å². The standard InChI is InChI=1S/C19H23BN2O3/c1-20-18-9-8-17(12-15(18)13-24-20)25-16-6-4-14(5-7-16)19(23)21-10-11-22(2)3/h4-9,12H,10-11,13H2,1-3H3,(H,21,23). The fourth-order valence-electron chi connectivity index (χ4n) is 2.78. The van der Waals surface area contributed by atoms with Gasteiger partial charge in [0.1, 0.15) is 11.5 Å². The lowest BCUT2D eigenvalue weighted by atomic mass is 9.64. The predicted molar refractivity (Wildman–Crippen MR) is 99.9 cm³/mol. The zero-order valence-electron chi connectivity index (χ0n) is 14.9. The molecule has 2 aromatic rings. The van der Waals surface area contributed by atoms with Gasteiger partial charge >= 0.3 is 6.92 Å². The molecule has 0 aliphatic carbocycles. The van der Waals surface area contributed by atoms with Crippen LogP contribution in [0.2, 0.25) is 6.82 Å². The van der Waals surface area contributed by atoms with Crippen molar-refractivity contribution in [2.75, 3.05) is 27.2 Å². The lowest BCUT2D eigenvalue weighted by Crippen LogP contribution is -2.31. The van der Waals surface area contributed by atoms with Crippen LogP contribution in [0, 0.1) is 0 Å². The number of nitrogens with one attached hydrogen (secondary N) is 1. The van der Waals surface area contributed by atoms with Crippen molar-refractivity contribution in [2.24, 2.45) is 0 Å². The first-order chi connectivity index (χ1) is 12.0. The van der Waals surface area contributed by atoms with Crippen molar-refractivity contribution in [2.45, 2.75) is 13.4 Å². The number of hydrogen-bond acceptors (Lipinski definition) is 4. The monoisotopic (exact) mass is 338 g/mol. The molecule has 6 heteroatoms. The Balaban J connectivity index is 1.60. The summed E-state index contributed by atoms with van der Waals surface area (Å²) in [5.74, 6) is 1.41. The van der Waals surface area contributed by atoms with E-state index < -0.39 is 0 Å². The summed E-state index contributed by atoms with van der Waals surface area (Å²) in [5, 5.41) is 2.90. The third-order valence-electron chi connectivity index (χ3n) is 4.24. The highest BCUT2D eigenvalue weighted by molar-refractivity contribution is 6.67. The van der Waals surface area contributed by atoms with Crippen LogP contribution in [0.25, 0.3) is 0 Å². The molecule has 0 aromatic heterocycles. The third-order valence-corrected chi connectivity index (χ3v) is 4.24. The number of carbonyl (C=O) groups is 1. The summed E-state index contributed by atoms with van der Waals surface area (Å²) in [7, 11) is 3.95. The van der Waals surface area contributed by atoms with Crippen LogP contribution in [0.3, 0.4) is 0 Å². The van der Waals surface area contributed by atoms with Gasteiger partial charge in [-0.25, -0.2) is 0 Å². The molecule has 1 amide bonds. The Labute approximate surface area is 149 Å². The summed E-state index contributed by atoms with van der Waals surface area (Å²) in [6.45, 7) is 4.26. The number of hydrogen-bond donors (Lipinski definition) is 1. The van der Waals surface area contributed by atoms with Gasteiger partial charge in [0.25, 0.3) is 5.91 Å². The normalized spacial score (nSPS) is 13.0. The minimum atomic E-state index is -0.0722. The van der Waals surface area contributed by atoms with Crippen molar-refractivity contribution < 1.29 is 14.2 Å². The molecule has 0 spiro atoms. The highest BCUT2D eigenvalue weighted by Crippen LogP contribution is 2.24. The largest absolute Gasteiger partial charge is 0.457 e. The van der Waals surface area contributed by atoms with E-state index in [1.165, 1.54) is 11.0 Å². The van der Waals surface area contributed by atoms with Crippen LogP contribution in [0.1, 0.15) is 15.9 Å². The van der Waals surface area contributed by atoms with E-state index in [1.54, 1.807) is 12.1 Å². The van der Waals surface area contributed by atoms with Gasteiger partial charge in [-0.15, -0.1) is 0 Å². The molecule has 0 unspecified atom stereocenters. The first-order valence-corrected chi connectivity index (χ1v) is 8.48. The highest BCUT2D eigenvalue weighted by atomic mass is 16.5. The maximum Gasteiger partial charge on any atom is 0.324 e. The maximum absolute atomic E-state index is 12.1. The van der Waals surface area contributed by atoms with Crippen molar-refractivity contribution in [3.8, 4) is 11.5 Å². The molecule has 5 nitrogen and oxygen atoms in total. The zero-order valence-corrected chi connectivity index (χ0v) is 14.9. The summed E-state index contributed by atoms with van der Waals surface area (Å²) in [4.78, 5) is 14.1. The van der Waals surface area contributed by atoms with Crippen LogP contribution in [-0.2, 0) is 11.3 Å². The minimum Gasteiger partial charge on any atom is -0.457 e. The Morgan fingerprint density at radius 2 is 1.92 bits per heavy atom. The lowest BCUT2D eigenvalue weighted by molar-refractivity contribution is 0.0951. The molecule has 130 valence electrons. The number of amides is 1. The van der Waals surface area contributed by atoms with Gasteiger partial charge < -0.3 is 19.6 Å². The Kier molecular flexibility index (Phi) is 5.41. The van der Waals surface area contributed by atoms with Gasteiger partial charge in [-0.3, -0.25) is 4.79 Å². The van der Waals surface area contributed by atoms with Crippen LogP contribution < -0.4 is 15.5 Å².